The maximum Gasteiger partial charge on any atom is 0.332 e. The second kappa shape index (κ2) is 8.25. The van der Waals surface area contributed by atoms with Crippen molar-refractivity contribution in [3.63, 3.8) is 0 Å². The molecular weight excluding hydrogens is 404 g/mol. The third kappa shape index (κ3) is 3.78. The summed E-state index contributed by atoms with van der Waals surface area (Å²) in [5.74, 6) is 0.691. The van der Waals surface area contributed by atoms with E-state index in [1.807, 2.05) is 13.8 Å². The Kier molecular flexibility index (Phi) is 5.49. The number of ether oxygens (including phenoxy) is 2. The van der Waals surface area contributed by atoms with E-state index in [9.17, 15) is 9.59 Å². The van der Waals surface area contributed by atoms with Crippen LogP contribution in [0.25, 0.3) is 0 Å². The first-order chi connectivity index (χ1) is 14.9. The molecule has 2 aliphatic heterocycles. The third-order valence-corrected chi connectivity index (χ3v) is 5.47. The number of nitrogens with zero attached hydrogens (tertiary/aromatic N) is 6. The predicted octanol–water partition coefficient (Wildman–Crippen LogP) is 1.67. The number of amides is 3. The molecule has 2 aliphatic rings. The van der Waals surface area contributed by atoms with Crippen LogP contribution in [-0.4, -0.2) is 64.2 Å². The smallest absolute Gasteiger partial charge is 0.332 e. The highest BCUT2D eigenvalue weighted by atomic mass is 16.6. The van der Waals surface area contributed by atoms with Gasteiger partial charge < -0.3 is 19.2 Å². The Hall–Kier alpha value is -3.63. The van der Waals surface area contributed by atoms with Crippen LogP contribution in [0.5, 0.6) is 11.5 Å². The van der Waals surface area contributed by atoms with Crippen molar-refractivity contribution in [2.45, 2.75) is 33.0 Å². The molecule has 2 aromatic rings. The quantitative estimate of drug-likeness (QED) is 0.617. The molecule has 3 amide bonds. The van der Waals surface area contributed by atoms with Gasteiger partial charge >= 0.3 is 6.03 Å². The van der Waals surface area contributed by atoms with Crippen LogP contribution in [0, 0.1) is 5.92 Å². The zero-order valence-corrected chi connectivity index (χ0v) is 17.8. The van der Waals surface area contributed by atoms with E-state index in [0.717, 1.165) is 10.6 Å². The normalized spacial score (nSPS) is 20.8. The van der Waals surface area contributed by atoms with Crippen molar-refractivity contribution in [3.8, 4) is 11.5 Å². The van der Waals surface area contributed by atoms with E-state index in [2.05, 4.69) is 15.2 Å². The summed E-state index contributed by atoms with van der Waals surface area (Å²) in [4.78, 5) is 37.7. The number of hydrogen-bond donors (Lipinski definition) is 0. The molecule has 0 radical (unpaired) electrons. The summed E-state index contributed by atoms with van der Waals surface area (Å²) in [5, 5.41) is 8.32. The standard InChI is InChI=1S/C20H24N6O5/c1-12-15(13(2)31-23-12)9-25-8-14(7-22-25)26-18(27)11-24(20(26)28)10-16-19(30-4)17(29-3)5-6-21-16/h5-8,13,15H,9-11H2,1-4H3. The minimum absolute atomic E-state index is 0.0523. The topological polar surface area (TPSA) is 111 Å². The van der Waals surface area contributed by atoms with Gasteiger partial charge in [0.15, 0.2) is 11.5 Å². The fourth-order valence-electron chi connectivity index (χ4n) is 3.77. The van der Waals surface area contributed by atoms with Crippen LogP contribution in [-0.2, 0) is 22.7 Å². The number of anilines is 1. The molecular formula is C20H24N6O5. The van der Waals surface area contributed by atoms with Crippen LogP contribution in [0.4, 0.5) is 10.5 Å². The molecule has 2 atom stereocenters. The molecule has 11 nitrogen and oxygen atoms in total. The minimum atomic E-state index is -0.438. The Labute approximate surface area is 179 Å². The average molecular weight is 428 g/mol. The van der Waals surface area contributed by atoms with Gasteiger partial charge in [-0.05, 0) is 13.8 Å². The number of carbonyl (C=O) groups is 2. The Morgan fingerprint density at radius 2 is 2.06 bits per heavy atom. The molecule has 31 heavy (non-hydrogen) atoms. The lowest BCUT2D eigenvalue weighted by molar-refractivity contribution is -0.116. The number of aromatic nitrogens is 3. The highest BCUT2D eigenvalue weighted by Gasteiger charge is 2.39. The van der Waals surface area contributed by atoms with Gasteiger partial charge in [-0.3, -0.25) is 14.5 Å². The summed E-state index contributed by atoms with van der Waals surface area (Å²) < 4.78 is 12.4. The van der Waals surface area contributed by atoms with Gasteiger partial charge in [-0.15, -0.1) is 0 Å². The molecule has 4 heterocycles. The lowest BCUT2D eigenvalue weighted by Gasteiger charge is -2.18. The van der Waals surface area contributed by atoms with Crippen LogP contribution in [0.3, 0.4) is 0 Å². The Morgan fingerprint density at radius 3 is 2.74 bits per heavy atom. The first-order valence-corrected chi connectivity index (χ1v) is 9.83. The van der Waals surface area contributed by atoms with E-state index in [0.29, 0.717) is 29.4 Å². The first kappa shape index (κ1) is 20.6. The van der Waals surface area contributed by atoms with Crippen molar-refractivity contribution < 1.29 is 23.9 Å². The molecule has 0 bridgehead atoms. The molecule has 2 unspecified atom stereocenters. The molecule has 0 N–H and O–H groups in total. The highest BCUT2D eigenvalue weighted by Crippen LogP contribution is 2.31. The number of pyridine rings is 1. The number of methoxy groups -OCH3 is 2. The molecule has 0 aliphatic carbocycles. The molecule has 0 aromatic carbocycles. The van der Waals surface area contributed by atoms with Gasteiger partial charge in [0.1, 0.15) is 18.3 Å². The number of imide groups is 1. The van der Waals surface area contributed by atoms with Crippen LogP contribution >= 0.6 is 0 Å². The Morgan fingerprint density at radius 1 is 1.26 bits per heavy atom. The largest absolute Gasteiger partial charge is 0.493 e. The van der Waals surface area contributed by atoms with E-state index in [1.165, 1.54) is 25.3 Å². The summed E-state index contributed by atoms with van der Waals surface area (Å²) in [6.45, 7) is 4.45. The van der Waals surface area contributed by atoms with Crippen LogP contribution in [0.15, 0.2) is 29.8 Å². The molecule has 1 fully saturated rings. The molecule has 4 rings (SSSR count). The molecule has 2 aromatic heterocycles. The molecule has 0 spiro atoms. The van der Waals surface area contributed by atoms with Gasteiger partial charge in [0.25, 0.3) is 5.91 Å². The van der Waals surface area contributed by atoms with Crippen molar-refractivity contribution in [2.24, 2.45) is 11.1 Å². The third-order valence-electron chi connectivity index (χ3n) is 5.47. The molecule has 11 heteroatoms. The summed E-state index contributed by atoms with van der Waals surface area (Å²) in [7, 11) is 3.03. The van der Waals surface area contributed by atoms with Crippen LogP contribution in [0.2, 0.25) is 0 Å². The number of urea groups is 1. The fourth-order valence-corrected chi connectivity index (χ4v) is 3.77. The van der Waals surface area contributed by atoms with E-state index < -0.39 is 6.03 Å². The maximum atomic E-state index is 13.0. The average Bonchev–Trinajstić information content (AvgIpc) is 3.42. The number of carbonyl (C=O) groups excluding carboxylic acids is 2. The summed E-state index contributed by atoms with van der Waals surface area (Å²) >= 11 is 0. The zero-order valence-electron chi connectivity index (χ0n) is 17.8. The lowest BCUT2D eigenvalue weighted by atomic mass is 10.00. The summed E-state index contributed by atoms with van der Waals surface area (Å²) in [5.41, 5.74) is 1.82. The predicted molar refractivity (Wildman–Crippen MR) is 110 cm³/mol. The van der Waals surface area contributed by atoms with E-state index >= 15 is 0 Å². The Balaban J connectivity index is 1.50. The van der Waals surface area contributed by atoms with E-state index in [-0.39, 0.29) is 31.0 Å². The molecule has 164 valence electrons. The monoisotopic (exact) mass is 428 g/mol. The van der Waals surface area contributed by atoms with Crippen molar-refractivity contribution in [2.75, 3.05) is 25.7 Å². The minimum Gasteiger partial charge on any atom is -0.493 e. The van der Waals surface area contributed by atoms with Crippen molar-refractivity contribution in [1.29, 1.82) is 0 Å². The van der Waals surface area contributed by atoms with Gasteiger partial charge in [-0.25, -0.2) is 9.69 Å². The zero-order chi connectivity index (χ0) is 22.1. The first-order valence-electron chi connectivity index (χ1n) is 9.83. The van der Waals surface area contributed by atoms with Crippen molar-refractivity contribution in [3.05, 3.63) is 30.4 Å². The van der Waals surface area contributed by atoms with Crippen LogP contribution < -0.4 is 14.4 Å². The van der Waals surface area contributed by atoms with E-state index in [4.69, 9.17) is 14.3 Å². The Bertz CT molecular complexity index is 1030. The second-order valence-electron chi connectivity index (χ2n) is 7.43. The number of hydrogen-bond acceptors (Lipinski definition) is 8. The SMILES string of the molecule is COc1ccnc(CN2CC(=O)N(c3cnn(CC4C(C)=NOC4C)c3)C2=O)c1OC. The fraction of sp³-hybridized carbons (Fsp3) is 0.450. The van der Waals surface area contributed by atoms with Gasteiger partial charge in [0.2, 0.25) is 0 Å². The van der Waals surface area contributed by atoms with E-state index in [1.54, 1.807) is 23.1 Å². The molecule has 1 saturated heterocycles. The van der Waals surface area contributed by atoms with Gasteiger partial charge in [-0.2, -0.15) is 5.10 Å². The highest BCUT2D eigenvalue weighted by molar-refractivity contribution is 6.19. The number of rotatable bonds is 7. The van der Waals surface area contributed by atoms with Crippen molar-refractivity contribution >= 4 is 23.3 Å². The maximum absolute atomic E-state index is 13.0. The molecule has 0 saturated carbocycles. The summed E-state index contributed by atoms with van der Waals surface area (Å²) in [6.07, 6.45) is 4.71. The van der Waals surface area contributed by atoms with Crippen LogP contribution in [0.1, 0.15) is 19.5 Å². The van der Waals surface area contributed by atoms with Gasteiger partial charge in [0, 0.05) is 18.5 Å². The second-order valence-corrected chi connectivity index (χ2v) is 7.43. The summed E-state index contributed by atoms with van der Waals surface area (Å²) in [6, 6.07) is 1.23. The lowest BCUT2D eigenvalue weighted by Crippen LogP contribution is -2.32. The van der Waals surface area contributed by atoms with Gasteiger partial charge in [0.05, 0.1) is 50.8 Å². The number of oxime groups is 1. The van der Waals surface area contributed by atoms with Gasteiger partial charge in [-0.1, -0.05) is 5.16 Å². The van der Waals surface area contributed by atoms with Crippen molar-refractivity contribution in [1.82, 2.24) is 19.7 Å².